The third kappa shape index (κ3) is 4.45. The molecule has 1 aliphatic heterocycles. The number of carbonyl (C=O) groups excluding carboxylic acids is 1. The Bertz CT molecular complexity index is 851. The summed E-state index contributed by atoms with van der Waals surface area (Å²) in [6.07, 6.45) is 0. The minimum absolute atomic E-state index is 0.148. The number of nitro groups is 1. The molecule has 27 heavy (non-hydrogen) atoms. The van der Waals surface area contributed by atoms with E-state index in [4.69, 9.17) is 4.74 Å². The monoisotopic (exact) mass is 433 g/mol. The minimum Gasteiger partial charge on any atom is -0.490 e. The van der Waals surface area contributed by atoms with Crippen LogP contribution in [0.15, 0.2) is 46.9 Å². The van der Waals surface area contributed by atoms with Gasteiger partial charge in [-0.3, -0.25) is 19.8 Å². The molecule has 0 saturated carbocycles. The first-order valence-electron chi connectivity index (χ1n) is 8.57. The molecule has 1 saturated heterocycles. The van der Waals surface area contributed by atoms with Gasteiger partial charge in [-0.15, -0.1) is 0 Å². The zero-order valence-electron chi connectivity index (χ0n) is 14.9. The summed E-state index contributed by atoms with van der Waals surface area (Å²) in [5.41, 5.74) is 1.32. The van der Waals surface area contributed by atoms with E-state index < -0.39 is 4.92 Å². The first kappa shape index (κ1) is 19.3. The van der Waals surface area contributed by atoms with Crippen molar-refractivity contribution in [1.29, 1.82) is 0 Å². The Kier molecular flexibility index (Phi) is 6.08. The van der Waals surface area contributed by atoms with Gasteiger partial charge >= 0.3 is 5.69 Å². The molecule has 0 bridgehead atoms. The number of nitrogens with zero attached hydrogens (tertiary/aromatic N) is 3. The summed E-state index contributed by atoms with van der Waals surface area (Å²) in [5, 5.41) is 11.2. The quantitative estimate of drug-likeness (QED) is 0.533. The fourth-order valence-electron chi connectivity index (χ4n) is 3.12. The van der Waals surface area contributed by atoms with E-state index in [2.05, 4.69) is 26.9 Å². The molecule has 3 rings (SSSR count). The third-order valence-electron chi connectivity index (χ3n) is 4.63. The van der Waals surface area contributed by atoms with Crippen molar-refractivity contribution in [2.75, 3.05) is 33.3 Å². The number of amides is 1. The molecule has 0 spiro atoms. The first-order valence-corrected chi connectivity index (χ1v) is 9.36. The number of halogens is 1. The number of ether oxygens (including phenoxy) is 1. The van der Waals surface area contributed by atoms with Crippen molar-refractivity contribution in [3.63, 3.8) is 0 Å². The Balaban J connectivity index is 1.64. The van der Waals surface area contributed by atoms with E-state index in [1.54, 1.807) is 11.0 Å². The number of carbonyl (C=O) groups is 1. The van der Waals surface area contributed by atoms with Gasteiger partial charge in [-0.25, -0.2) is 0 Å². The number of methoxy groups -OCH3 is 1. The summed E-state index contributed by atoms with van der Waals surface area (Å²) in [6, 6.07) is 12.4. The highest BCUT2D eigenvalue weighted by Gasteiger charge is 2.25. The van der Waals surface area contributed by atoms with E-state index in [0.29, 0.717) is 18.7 Å². The second-order valence-corrected chi connectivity index (χ2v) is 7.16. The molecule has 0 atom stereocenters. The summed E-state index contributed by atoms with van der Waals surface area (Å²) in [7, 11) is 1.37. The molecule has 0 N–H and O–H groups in total. The second-order valence-electron chi connectivity index (χ2n) is 6.30. The summed E-state index contributed by atoms with van der Waals surface area (Å²) in [4.78, 5) is 27.4. The standard InChI is InChI=1S/C19H20BrN3O4/c1-27-18-7-6-14(12-17(18)23(25)26)19(24)22-10-8-21(9-11-22)13-15-4-2-3-5-16(15)20/h2-7,12H,8-11,13H2,1H3. The van der Waals surface area contributed by atoms with E-state index in [9.17, 15) is 14.9 Å². The molecule has 7 nitrogen and oxygen atoms in total. The van der Waals surface area contributed by atoms with Crippen LogP contribution in [0.25, 0.3) is 0 Å². The first-order chi connectivity index (χ1) is 13.0. The fourth-order valence-corrected chi connectivity index (χ4v) is 3.54. The number of hydrogen-bond donors (Lipinski definition) is 0. The highest BCUT2D eigenvalue weighted by Crippen LogP contribution is 2.28. The van der Waals surface area contributed by atoms with Crippen LogP contribution in [-0.4, -0.2) is 53.9 Å². The maximum Gasteiger partial charge on any atom is 0.311 e. The van der Waals surface area contributed by atoms with Crippen molar-refractivity contribution in [1.82, 2.24) is 9.80 Å². The average Bonchev–Trinajstić information content (AvgIpc) is 2.69. The Hall–Kier alpha value is -2.45. The lowest BCUT2D eigenvalue weighted by atomic mass is 10.1. The molecular formula is C19H20BrN3O4. The second kappa shape index (κ2) is 8.49. The van der Waals surface area contributed by atoms with E-state index in [1.807, 2.05) is 18.2 Å². The molecule has 1 aliphatic rings. The fraction of sp³-hybridized carbons (Fsp3) is 0.316. The predicted molar refractivity (Wildman–Crippen MR) is 105 cm³/mol. The van der Waals surface area contributed by atoms with Crippen LogP contribution in [0.3, 0.4) is 0 Å². The Morgan fingerprint density at radius 3 is 2.52 bits per heavy atom. The number of benzene rings is 2. The van der Waals surface area contributed by atoms with Crippen LogP contribution < -0.4 is 4.74 Å². The third-order valence-corrected chi connectivity index (χ3v) is 5.41. The van der Waals surface area contributed by atoms with Crippen LogP contribution in [-0.2, 0) is 6.54 Å². The maximum absolute atomic E-state index is 12.7. The molecule has 0 aliphatic carbocycles. The molecule has 2 aromatic carbocycles. The van der Waals surface area contributed by atoms with Crippen LogP contribution in [0.2, 0.25) is 0 Å². The number of hydrogen-bond acceptors (Lipinski definition) is 5. The van der Waals surface area contributed by atoms with Gasteiger partial charge in [0.1, 0.15) is 0 Å². The van der Waals surface area contributed by atoms with Gasteiger partial charge in [-0.2, -0.15) is 0 Å². The van der Waals surface area contributed by atoms with Crippen LogP contribution in [0.1, 0.15) is 15.9 Å². The van der Waals surface area contributed by atoms with Gasteiger partial charge in [0.25, 0.3) is 5.91 Å². The average molecular weight is 434 g/mol. The number of piperazine rings is 1. The largest absolute Gasteiger partial charge is 0.490 e. The molecule has 1 fully saturated rings. The van der Waals surface area contributed by atoms with Gasteiger partial charge in [-0.1, -0.05) is 34.1 Å². The van der Waals surface area contributed by atoms with Gasteiger partial charge in [0.05, 0.1) is 12.0 Å². The highest BCUT2D eigenvalue weighted by atomic mass is 79.9. The molecule has 2 aromatic rings. The predicted octanol–water partition coefficient (Wildman–Crippen LogP) is 3.32. The smallest absolute Gasteiger partial charge is 0.311 e. The van der Waals surface area contributed by atoms with Crippen molar-refractivity contribution in [2.24, 2.45) is 0 Å². The highest BCUT2D eigenvalue weighted by molar-refractivity contribution is 9.10. The van der Waals surface area contributed by atoms with Gasteiger partial charge in [0.15, 0.2) is 5.75 Å². The SMILES string of the molecule is COc1ccc(C(=O)N2CCN(Cc3ccccc3Br)CC2)cc1[N+](=O)[O-]. The van der Waals surface area contributed by atoms with Gasteiger partial charge in [-0.05, 0) is 23.8 Å². The number of nitro benzene ring substituents is 1. The summed E-state index contributed by atoms with van der Waals surface area (Å²) < 4.78 is 6.07. The van der Waals surface area contributed by atoms with Crippen LogP contribution >= 0.6 is 15.9 Å². The van der Waals surface area contributed by atoms with Crippen LogP contribution in [0.5, 0.6) is 5.75 Å². The molecule has 0 unspecified atom stereocenters. The summed E-state index contributed by atoms with van der Waals surface area (Å²) in [5.74, 6) is -0.0453. The number of rotatable bonds is 5. The lowest BCUT2D eigenvalue weighted by Crippen LogP contribution is -2.48. The lowest BCUT2D eigenvalue weighted by Gasteiger charge is -2.35. The minimum atomic E-state index is -0.536. The van der Waals surface area contributed by atoms with E-state index in [1.165, 1.54) is 24.8 Å². The van der Waals surface area contributed by atoms with Crippen LogP contribution in [0, 0.1) is 10.1 Å². The van der Waals surface area contributed by atoms with Crippen molar-refractivity contribution in [3.8, 4) is 5.75 Å². The molecule has 1 amide bonds. The van der Waals surface area contributed by atoms with Crippen LogP contribution in [0.4, 0.5) is 5.69 Å². The Morgan fingerprint density at radius 1 is 1.19 bits per heavy atom. The van der Waals surface area contributed by atoms with E-state index >= 15 is 0 Å². The normalized spacial score (nSPS) is 14.8. The zero-order valence-corrected chi connectivity index (χ0v) is 16.5. The van der Waals surface area contributed by atoms with Gasteiger partial charge in [0.2, 0.25) is 0 Å². The molecule has 8 heteroatoms. The van der Waals surface area contributed by atoms with Gasteiger partial charge < -0.3 is 9.64 Å². The topological polar surface area (TPSA) is 75.9 Å². The van der Waals surface area contributed by atoms with Crippen molar-refractivity contribution >= 4 is 27.5 Å². The molecule has 142 valence electrons. The van der Waals surface area contributed by atoms with Gasteiger partial charge in [0, 0.05) is 48.8 Å². The van der Waals surface area contributed by atoms with Crippen molar-refractivity contribution in [3.05, 3.63) is 68.2 Å². The van der Waals surface area contributed by atoms with E-state index in [0.717, 1.165) is 24.1 Å². The van der Waals surface area contributed by atoms with Crippen molar-refractivity contribution in [2.45, 2.75) is 6.54 Å². The van der Waals surface area contributed by atoms with Crippen molar-refractivity contribution < 1.29 is 14.5 Å². The Morgan fingerprint density at radius 2 is 1.89 bits per heavy atom. The molecular weight excluding hydrogens is 414 g/mol. The summed E-state index contributed by atoms with van der Waals surface area (Å²) in [6.45, 7) is 3.50. The lowest BCUT2D eigenvalue weighted by molar-refractivity contribution is -0.385. The van der Waals surface area contributed by atoms with E-state index in [-0.39, 0.29) is 17.3 Å². The zero-order chi connectivity index (χ0) is 19.4. The Labute approximate surface area is 165 Å². The molecule has 0 radical (unpaired) electrons. The summed E-state index contributed by atoms with van der Waals surface area (Å²) >= 11 is 3.56. The maximum atomic E-state index is 12.7. The molecule has 0 aromatic heterocycles. The molecule has 1 heterocycles.